The summed E-state index contributed by atoms with van der Waals surface area (Å²) in [4.78, 5) is 2.19. The van der Waals surface area contributed by atoms with E-state index in [-0.39, 0.29) is 0 Å². The number of para-hydroxylation sites is 2. The molecule has 2 aromatic carbocycles. The van der Waals surface area contributed by atoms with Crippen LogP contribution in [-0.4, -0.2) is 6.00 Å². The lowest BCUT2D eigenvalue weighted by Gasteiger charge is -2.24. The molecular weight excluding hydrogens is 230 g/mol. The third-order valence-electron chi connectivity index (χ3n) is 3.35. The highest BCUT2D eigenvalue weighted by molar-refractivity contribution is 6.19. The maximum Gasteiger partial charge on any atom is 0.0977 e. The predicted molar refractivity (Wildman–Crippen MR) is 73.2 cm³/mol. The van der Waals surface area contributed by atoms with Gasteiger partial charge in [0.15, 0.2) is 0 Å². The van der Waals surface area contributed by atoms with Gasteiger partial charge in [-0.3, -0.25) is 0 Å². The Balaban J connectivity index is 2.19. The summed E-state index contributed by atoms with van der Waals surface area (Å²) in [6, 6.07) is 17.5. The normalized spacial score (nSPS) is 13.8. The van der Waals surface area contributed by atoms with E-state index in [1.54, 1.807) is 0 Å². The molecule has 1 aliphatic heterocycles. The maximum atomic E-state index is 6.13. The average Bonchev–Trinajstić information content (AvgIpc) is 2.55. The zero-order valence-electron chi connectivity index (χ0n) is 9.57. The van der Waals surface area contributed by atoms with Crippen LogP contribution in [0.25, 0.3) is 0 Å². The Labute approximate surface area is 107 Å². The molecule has 0 unspecified atom stereocenters. The van der Waals surface area contributed by atoms with Gasteiger partial charge in [0.1, 0.15) is 0 Å². The van der Waals surface area contributed by atoms with Crippen LogP contribution in [0.2, 0.25) is 0 Å². The van der Waals surface area contributed by atoms with E-state index >= 15 is 0 Å². The zero-order chi connectivity index (χ0) is 11.7. The number of anilines is 2. The molecule has 2 aromatic rings. The van der Waals surface area contributed by atoms with Gasteiger partial charge in [-0.15, -0.1) is 11.6 Å². The van der Waals surface area contributed by atoms with E-state index in [1.807, 2.05) is 0 Å². The second kappa shape index (κ2) is 4.42. The third-order valence-corrected chi connectivity index (χ3v) is 3.59. The van der Waals surface area contributed by atoms with Crippen LogP contribution in [0.5, 0.6) is 0 Å². The summed E-state index contributed by atoms with van der Waals surface area (Å²) >= 11 is 6.13. The van der Waals surface area contributed by atoms with E-state index in [2.05, 4.69) is 53.4 Å². The number of rotatable bonds is 1. The van der Waals surface area contributed by atoms with Gasteiger partial charge in [0.2, 0.25) is 0 Å². The van der Waals surface area contributed by atoms with Crippen molar-refractivity contribution in [3.8, 4) is 0 Å². The van der Waals surface area contributed by atoms with Gasteiger partial charge in [0, 0.05) is 11.4 Å². The van der Waals surface area contributed by atoms with E-state index < -0.39 is 0 Å². The van der Waals surface area contributed by atoms with Crippen LogP contribution >= 0.6 is 11.6 Å². The molecule has 0 spiro atoms. The highest BCUT2D eigenvalue weighted by Gasteiger charge is 2.18. The highest BCUT2D eigenvalue weighted by Crippen LogP contribution is 2.35. The minimum Gasteiger partial charge on any atom is -0.327 e. The summed E-state index contributed by atoms with van der Waals surface area (Å²) in [6.45, 7) is 0. The summed E-state index contributed by atoms with van der Waals surface area (Å²) < 4.78 is 0. The topological polar surface area (TPSA) is 3.24 Å². The average molecular weight is 244 g/mol. The molecule has 2 heteroatoms. The Morgan fingerprint density at radius 3 is 1.76 bits per heavy atom. The van der Waals surface area contributed by atoms with Crippen LogP contribution in [0.4, 0.5) is 11.4 Å². The minimum absolute atomic E-state index is 0.494. The van der Waals surface area contributed by atoms with Crippen molar-refractivity contribution in [2.45, 2.75) is 12.8 Å². The number of aryl methyl sites for hydroxylation is 2. The minimum atomic E-state index is 0.494. The SMILES string of the molecule is ClCN1c2ccccc2CCc2ccccc21. The molecule has 0 aliphatic carbocycles. The number of halogens is 1. The Morgan fingerprint density at radius 1 is 0.824 bits per heavy atom. The Kier molecular flexibility index (Phi) is 2.77. The monoisotopic (exact) mass is 243 g/mol. The highest BCUT2D eigenvalue weighted by atomic mass is 35.5. The summed E-state index contributed by atoms with van der Waals surface area (Å²) in [5.41, 5.74) is 5.24. The van der Waals surface area contributed by atoms with Gasteiger partial charge >= 0.3 is 0 Å². The molecule has 0 fully saturated rings. The first kappa shape index (κ1) is 10.7. The summed E-state index contributed by atoms with van der Waals surface area (Å²) in [5.74, 6) is 0. The first-order valence-electron chi connectivity index (χ1n) is 5.89. The third kappa shape index (κ3) is 1.81. The van der Waals surface area contributed by atoms with Crippen molar-refractivity contribution in [3.63, 3.8) is 0 Å². The van der Waals surface area contributed by atoms with Gasteiger partial charge in [-0.05, 0) is 36.1 Å². The fourth-order valence-electron chi connectivity index (χ4n) is 2.50. The van der Waals surface area contributed by atoms with Gasteiger partial charge in [0.25, 0.3) is 0 Å². The number of benzene rings is 2. The van der Waals surface area contributed by atoms with E-state index in [4.69, 9.17) is 11.6 Å². The smallest absolute Gasteiger partial charge is 0.0977 e. The standard InChI is InChI=1S/C15H14ClN/c16-11-17-14-7-3-1-5-12(14)9-10-13-6-2-4-8-15(13)17/h1-8H,9-11H2. The summed E-state index contributed by atoms with van der Waals surface area (Å²) in [7, 11) is 0. The number of fused-ring (bicyclic) bond motifs is 2. The first-order valence-corrected chi connectivity index (χ1v) is 6.43. The van der Waals surface area contributed by atoms with Crippen LogP contribution in [0.3, 0.4) is 0 Å². The first-order chi connectivity index (χ1) is 8.40. The molecule has 0 amide bonds. The van der Waals surface area contributed by atoms with Crippen LogP contribution in [0, 0.1) is 0 Å². The van der Waals surface area contributed by atoms with Crippen molar-refractivity contribution >= 4 is 23.0 Å². The fraction of sp³-hybridized carbons (Fsp3) is 0.200. The number of hydrogen-bond donors (Lipinski definition) is 0. The Bertz CT molecular complexity index is 488. The number of alkyl halides is 1. The largest absolute Gasteiger partial charge is 0.327 e. The van der Waals surface area contributed by atoms with E-state index in [9.17, 15) is 0 Å². The van der Waals surface area contributed by atoms with E-state index in [0.717, 1.165) is 12.8 Å². The predicted octanol–water partition coefficient (Wildman–Crippen LogP) is 4.12. The van der Waals surface area contributed by atoms with Crippen molar-refractivity contribution < 1.29 is 0 Å². The fourth-order valence-corrected chi connectivity index (χ4v) is 2.76. The van der Waals surface area contributed by atoms with Crippen molar-refractivity contribution in [3.05, 3.63) is 59.7 Å². The van der Waals surface area contributed by atoms with Gasteiger partial charge in [-0.2, -0.15) is 0 Å². The molecular formula is C15H14ClN. The molecule has 0 bridgehead atoms. The van der Waals surface area contributed by atoms with E-state index in [0.29, 0.717) is 6.00 Å². The van der Waals surface area contributed by atoms with Gasteiger partial charge < -0.3 is 4.90 Å². The summed E-state index contributed by atoms with van der Waals surface area (Å²) in [6.07, 6.45) is 2.17. The molecule has 0 radical (unpaired) electrons. The molecule has 86 valence electrons. The van der Waals surface area contributed by atoms with Gasteiger partial charge in [-0.25, -0.2) is 0 Å². The van der Waals surface area contributed by atoms with Crippen LogP contribution in [0.15, 0.2) is 48.5 Å². The quantitative estimate of drug-likeness (QED) is 0.538. The number of nitrogens with zero attached hydrogens (tertiary/aromatic N) is 1. The molecule has 0 aromatic heterocycles. The van der Waals surface area contributed by atoms with Crippen molar-refractivity contribution in [2.24, 2.45) is 0 Å². The molecule has 17 heavy (non-hydrogen) atoms. The van der Waals surface area contributed by atoms with Crippen LogP contribution < -0.4 is 4.90 Å². The Hall–Kier alpha value is -1.47. The van der Waals surface area contributed by atoms with Crippen LogP contribution in [-0.2, 0) is 12.8 Å². The van der Waals surface area contributed by atoms with Gasteiger partial charge in [0.05, 0.1) is 6.00 Å². The van der Waals surface area contributed by atoms with Crippen molar-refractivity contribution in [2.75, 3.05) is 10.9 Å². The maximum absolute atomic E-state index is 6.13. The molecule has 0 N–H and O–H groups in total. The van der Waals surface area contributed by atoms with Crippen molar-refractivity contribution in [1.29, 1.82) is 0 Å². The lowest BCUT2D eigenvalue weighted by Crippen LogP contribution is -2.15. The van der Waals surface area contributed by atoms with Gasteiger partial charge in [-0.1, -0.05) is 36.4 Å². The lowest BCUT2D eigenvalue weighted by atomic mass is 10.0. The van der Waals surface area contributed by atoms with E-state index in [1.165, 1.54) is 22.5 Å². The lowest BCUT2D eigenvalue weighted by molar-refractivity contribution is 0.977. The van der Waals surface area contributed by atoms with Crippen molar-refractivity contribution in [1.82, 2.24) is 0 Å². The molecule has 3 rings (SSSR count). The second-order valence-electron chi connectivity index (χ2n) is 4.30. The molecule has 1 heterocycles. The Morgan fingerprint density at radius 2 is 1.29 bits per heavy atom. The molecule has 0 atom stereocenters. The molecule has 1 aliphatic rings. The summed E-state index contributed by atoms with van der Waals surface area (Å²) in [5, 5.41) is 0. The molecule has 0 saturated heterocycles. The second-order valence-corrected chi connectivity index (χ2v) is 4.54. The molecule has 1 nitrogen and oxygen atoms in total. The zero-order valence-corrected chi connectivity index (χ0v) is 10.3. The number of hydrogen-bond acceptors (Lipinski definition) is 1. The molecule has 0 saturated carbocycles. The van der Waals surface area contributed by atoms with Crippen LogP contribution in [0.1, 0.15) is 11.1 Å².